The number of ether oxygens (including phenoxy) is 1. The van der Waals surface area contributed by atoms with Gasteiger partial charge in [0, 0.05) is 13.1 Å². The van der Waals surface area contributed by atoms with Crippen LogP contribution in [0.5, 0.6) is 0 Å². The number of nitrogens with zero attached hydrogens (tertiary/aromatic N) is 2. The number of esters is 1. The van der Waals surface area contributed by atoms with E-state index in [0.29, 0.717) is 11.5 Å². The summed E-state index contributed by atoms with van der Waals surface area (Å²) < 4.78 is 5.03. The minimum atomic E-state index is -0.118. The second-order valence-electron chi connectivity index (χ2n) is 4.28. The van der Waals surface area contributed by atoms with Crippen LogP contribution < -0.4 is 4.90 Å². The lowest BCUT2D eigenvalue weighted by Gasteiger charge is -2.30. The monoisotopic (exact) mass is 302 g/mol. The average molecular weight is 303 g/mol. The number of halogens is 1. The highest BCUT2D eigenvalue weighted by Crippen LogP contribution is 2.31. The Morgan fingerprint density at radius 3 is 2.79 bits per heavy atom. The highest BCUT2D eigenvalue weighted by molar-refractivity contribution is 7.17. The number of carbonyl (C=O) groups excluding carboxylic acids is 2. The van der Waals surface area contributed by atoms with Crippen LogP contribution in [0.1, 0.15) is 29.4 Å². The predicted octanol–water partition coefficient (Wildman–Crippen LogP) is 2.39. The van der Waals surface area contributed by atoms with E-state index in [0.717, 1.165) is 37.3 Å². The Kier molecular flexibility index (Phi) is 4.76. The van der Waals surface area contributed by atoms with Crippen LogP contribution in [0.4, 0.5) is 5.13 Å². The lowest BCUT2D eigenvalue weighted by molar-refractivity contribution is -0.148. The molecule has 5 nitrogen and oxygen atoms in total. The van der Waals surface area contributed by atoms with E-state index in [9.17, 15) is 9.59 Å². The van der Waals surface area contributed by atoms with Gasteiger partial charge in [-0.25, -0.2) is 4.98 Å². The van der Waals surface area contributed by atoms with Crippen LogP contribution in [0.25, 0.3) is 0 Å². The van der Waals surface area contributed by atoms with Gasteiger partial charge in [0.25, 0.3) is 0 Å². The maximum absolute atomic E-state index is 11.6. The number of hydrogen-bond acceptors (Lipinski definition) is 6. The third kappa shape index (κ3) is 3.25. The molecule has 0 radical (unpaired) electrons. The van der Waals surface area contributed by atoms with Crippen molar-refractivity contribution >= 4 is 40.3 Å². The standard InChI is InChI=1S/C12H15ClN2O3S/c1-2-18-11(17)8-3-5-15(6-4-8)12-14-10(13)9(7-16)19-12/h7-8H,2-6H2,1H3. The second kappa shape index (κ2) is 6.34. The minimum Gasteiger partial charge on any atom is -0.466 e. The Hall–Kier alpha value is -1.14. The number of anilines is 1. The molecule has 104 valence electrons. The van der Waals surface area contributed by atoms with Crippen LogP contribution in [0.2, 0.25) is 5.15 Å². The van der Waals surface area contributed by atoms with Gasteiger partial charge in [-0.2, -0.15) is 0 Å². The molecule has 1 aliphatic heterocycles. The van der Waals surface area contributed by atoms with Gasteiger partial charge in [0.15, 0.2) is 16.6 Å². The molecule has 1 aliphatic rings. The van der Waals surface area contributed by atoms with Crippen molar-refractivity contribution in [1.82, 2.24) is 4.98 Å². The molecule has 0 spiro atoms. The Balaban J connectivity index is 1.95. The molecule has 1 aromatic rings. The van der Waals surface area contributed by atoms with Crippen molar-refractivity contribution in [3.8, 4) is 0 Å². The van der Waals surface area contributed by atoms with E-state index in [1.165, 1.54) is 11.3 Å². The lowest BCUT2D eigenvalue weighted by Crippen LogP contribution is -2.36. The van der Waals surface area contributed by atoms with Crippen LogP contribution in [-0.2, 0) is 9.53 Å². The first-order valence-electron chi connectivity index (χ1n) is 6.18. The zero-order valence-electron chi connectivity index (χ0n) is 10.6. The number of hydrogen-bond donors (Lipinski definition) is 0. The second-order valence-corrected chi connectivity index (χ2v) is 5.65. The normalized spacial score (nSPS) is 16.4. The molecule has 1 fully saturated rings. The summed E-state index contributed by atoms with van der Waals surface area (Å²) in [7, 11) is 0. The molecule has 7 heteroatoms. The molecule has 19 heavy (non-hydrogen) atoms. The number of carbonyl (C=O) groups is 2. The van der Waals surface area contributed by atoms with Gasteiger partial charge in [0.1, 0.15) is 4.88 Å². The van der Waals surface area contributed by atoms with Crippen molar-refractivity contribution in [2.45, 2.75) is 19.8 Å². The van der Waals surface area contributed by atoms with Crippen LogP contribution in [0.15, 0.2) is 0 Å². The van der Waals surface area contributed by atoms with Gasteiger partial charge in [0.2, 0.25) is 0 Å². The molecule has 2 rings (SSSR count). The van der Waals surface area contributed by atoms with Crippen molar-refractivity contribution in [1.29, 1.82) is 0 Å². The lowest BCUT2D eigenvalue weighted by atomic mass is 9.97. The molecule has 0 saturated carbocycles. The van der Waals surface area contributed by atoms with E-state index in [1.807, 2.05) is 6.92 Å². The maximum atomic E-state index is 11.6. The quantitative estimate of drug-likeness (QED) is 0.631. The maximum Gasteiger partial charge on any atom is 0.309 e. The molecule has 0 N–H and O–H groups in total. The number of aldehydes is 1. The fraction of sp³-hybridized carbons (Fsp3) is 0.583. The van der Waals surface area contributed by atoms with E-state index >= 15 is 0 Å². The summed E-state index contributed by atoms with van der Waals surface area (Å²) in [4.78, 5) is 29.0. The number of piperidine rings is 1. The minimum absolute atomic E-state index is 0.0304. The molecule has 0 bridgehead atoms. The summed E-state index contributed by atoms with van der Waals surface area (Å²) in [6, 6.07) is 0. The molecule has 1 saturated heterocycles. The SMILES string of the molecule is CCOC(=O)C1CCN(c2nc(Cl)c(C=O)s2)CC1. The number of thiazole rings is 1. The fourth-order valence-corrected chi connectivity index (χ4v) is 3.19. The predicted molar refractivity (Wildman–Crippen MR) is 74.1 cm³/mol. The summed E-state index contributed by atoms with van der Waals surface area (Å²) in [6.07, 6.45) is 2.20. The third-order valence-electron chi connectivity index (χ3n) is 3.09. The van der Waals surface area contributed by atoms with Crippen molar-refractivity contribution in [3.05, 3.63) is 10.0 Å². The molecule has 0 aromatic carbocycles. The molecule has 2 heterocycles. The average Bonchev–Trinajstić information content (AvgIpc) is 2.80. The van der Waals surface area contributed by atoms with Gasteiger partial charge >= 0.3 is 5.97 Å². The first-order valence-corrected chi connectivity index (χ1v) is 7.38. The largest absolute Gasteiger partial charge is 0.466 e. The van der Waals surface area contributed by atoms with Crippen LogP contribution >= 0.6 is 22.9 Å². The van der Waals surface area contributed by atoms with Crippen molar-refractivity contribution in [2.75, 3.05) is 24.6 Å². The van der Waals surface area contributed by atoms with Gasteiger partial charge < -0.3 is 9.64 Å². The smallest absolute Gasteiger partial charge is 0.309 e. The van der Waals surface area contributed by atoms with Crippen molar-refractivity contribution in [2.24, 2.45) is 5.92 Å². The highest BCUT2D eigenvalue weighted by atomic mass is 35.5. The van der Waals surface area contributed by atoms with E-state index in [-0.39, 0.29) is 17.0 Å². The Morgan fingerprint density at radius 1 is 1.58 bits per heavy atom. The zero-order chi connectivity index (χ0) is 13.8. The Morgan fingerprint density at radius 2 is 2.26 bits per heavy atom. The first-order chi connectivity index (χ1) is 9.15. The topological polar surface area (TPSA) is 59.5 Å². The van der Waals surface area contributed by atoms with E-state index in [1.54, 1.807) is 0 Å². The molecular weight excluding hydrogens is 288 g/mol. The van der Waals surface area contributed by atoms with Gasteiger partial charge in [-0.3, -0.25) is 9.59 Å². The summed E-state index contributed by atoms with van der Waals surface area (Å²) in [5, 5.41) is 0.997. The van der Waals surface area contributed by atoms with E-state index < -0.39 is 0 Å². The molecule has 0 aliphatic carbocycles. The van der Waals surface area contributed by atoms with Crippen LogP contribution in [0, 0.1) is 5.92 Å². The summed E-state index contributed by atoms with van der Waals surface area (Å²) in [5.74, 6) is -0.148. The fourth-order valence-electron chi connectivity index (χ4n) is 2.08. The first kappa shape index (κ1) is 14.3. The van der Waals surface area contributed by atoms with E-state index in [2.05, 4.69) is 9.88 Å². The van der Waals surface area contributed by atoms with Crippen molar-refractivity contribution in [3.63, 3.8) is 0 Å². The zero-order valence-corrected chi connectivity index (χ0v) is 12.2. The number of aromatic nitrogens is 1. The Bertz CT molecular complexity index is 470. The van der Waals surface area contributed by atoms with Gasteiger partial charge in [0.05, 0.1) is 12.5 Å². The molecule has 0 unspecified atom stereocenters. The van der Waals surface area contributed by atoms with Gasteiger partial charge in [-0.1, -0.05) is 22.9 Å². The van der Waals surface area contributed by atoms with Crippen molar-refractivity contribution < 1.29 is 14.3 Å². The number of rotatable bonds is 4. The van der Waals surface area contributed by atoms with Gasteiger partial charge in [-0.15, -0.1) is 0 Å². The molecule has 0 atom stereocenters. The molecular formula is C12H15ClN2O3S. The summed E-state index contributed by atoms with van der Waals surface area (Å²) in [5.41, 5.74) is 0. The summed E-state index contributed by atoms with van der Waals surface area (Å²) in [6.45, 7) is 3.69. The van der Waals surface area contributed by atoms with Crippen LogP contribution in [0.3, 0.4) is 0 Å². The summed E-state index contributed by atoms with van der Waals surface area (Å²) >= 11 is 7.14. The molecule has 0 amide bonds. The Labute approximate surface area is 120 Å². The highest BCUT2D eigenvalue weighted by Gasteiger charge is 2.27. The third-order valence-corrected chi connectivity index (χ3v) is 4.53. The molecule has 1 aromatic heterocycles. The van der Waals surface area contributed by atoms with E-state index in [4.69, 9.17) is 16.3 Å². The van der Waals surface area contributed by atoms with Crippen LogP contribution in [-0.4, -0.2) is 36.9 Å². The van der Waals surface area contributed by atoms with Gasteiger partial charge in [-0.05, 0) is 19.8 Å².